The Morgan fingerprint density at radius 3 is 2.48 bits per heavy atom. The summed E-state index contributed by atoms with van der Waals surface area (Å²) in [5.74, 6) is 1.76. The Morgan fingerprint density at radius 1 is 1.22 bits per heavy atom. The third-order valence-electron chi connectivity index (χ3n) is 4.68. The third-order valence-corrected chi connectivity index (χ3v) is 4.68. The minimum atomic E-state index is -0.0961. The lowest BCUT2D eigenvalue weighted by atomic mass is 9.97. The molecule has 1 heterocycles. The second kappa shape index (κ2) is 12.8. The number of carbonyl (C=O) groups excluding carboxylic acids is 1. The first-order valence-corrected chi connectivity index (χ1v) is 9.37. The van der Waals surface area contributed by atoms with Gasteiger partial charge in [0, 0.05) is 26.7 Å². The van der Waals surface area contributed by atoms with Crippen molar-refractivity contribution >= 4 is 35.9 Å². The number of piperidine rings is 1. The van der Waals surface area contributed by atoms with E-state index in [4.69, 9.17) is 9.47 Å². The lowest BCUT2D eigenvalue weighted by molar-refractivity contribution is -0.146. The molecule has 152 valence electrons. The zero-order chi connectivity index (χ0) is 18.8. The molecule has 0 saturated carbocycles. The van der Waals surface area contributed by atoms with E-state index in [9.17, 15) is 4.79 Å². The zero-order valence-electron chi connectivity index (χ0n) is 16.6. The third kappa shape index (κ3) is 7.94. The van der Waals surface area contributed by atoms with Gasteiger partial charge in [-0.25, -0.2) is 0 Å². The number of carbonyl (C=O) groups is 1. The Balaban J connectivity index is 0.00000364. The molecule has 7 heteroatoms. The summed E-state index contributed by atoms with van der Waals surface area (Å²) in [5, 5.41) is 3.41. The number of benzene rings is 1. The van der Waals surface area contributed by atoms with Crippen molar-refractivity contribution in [3.63, 3.8) is 0 Å². The quantitative estimate of drug-likeness (QED) is 0.210. The fraction of sp³-hybridized carbons (Fsp3) is 0.600. The highest BCUT2D eigenvalue weighted by Crippen LogP contribution is 2.18. The summed E-state index contributed by atoms with van der Waals surface area (Å²) in [4.78, 5) is 18.2. The zero-order valence-corrected chi connectivity index (χ0v) is 18.9. The first-order chi connectivity index (χ1) is 12.6. The lowest BCUT2D eigenvalue weighted by Crippen LogP contribution is -2.46. The largest absolute Gasteiger partial charge is 0.494 e. The molecular weight excluding hydrogens is 457 g/mol. The summed E-state index contributed by atoms with van der Waals surface area (Å²) in [7, 11) is 3.26. The summed E-state index contributed by atoms with van der Waals surface area (Å²) < 4.78 is 10.6. The number of methoxy groups -OCH3 is 1. The molecule has 27 heavy (non-hydrogen) atoms. The maximum Gasteiger partial charge on any atom is 0.308 e. The van der Waals surface area contributed by atoms with Crippen LogP contribution in [-0.4, -0.2) is 57.2 Å². The number of likely N-dealkylation sites (tertiary alicyclic amines) is 1. The molecular formula is C20H32IN3O3. The second-order valence-electron chi connectivity index (χ2n) is 6.63. The molecule has 6 nitrogen and oxygen atoms in total. The van der Waals surface area contributed by atoms with E-state index in [1.165, 1.54) is 12.7 Å². The van der Waals surface area contributed by atoms with Crippen LogP contribution in [0.5, 0.6) is 5.75 Å². The Labute approximate surface area is 179 Å². The van der Waals surface area contributed by atoms with Crippen LogP contribution in [0.25, 0.3) is 0 Å². The number of unbranched alkanes of at least 4 members (excludes halogenated alkanes) is 1. The number of aryl methyl sites for hydroxylation is 1. The predicted molar refractivity (Wildman–Crippen MR) is 119 cm³/mol. The van der Waals surface area contributed by atoms with Gasteiger partial charge in [-0.1, -0.05) is 17.7 Å². The van der Waals surface area contributed by atoms with Gasteiger partial charge < -0.3 is 19.7 Å². The topological polar surface area (TPSA) is 63.2 Å². The number of aliphatic imine (C=N–C) groups is 1. The van der Waals surface area contributed by atoms with Crippen LogP contribution in [0.1, 0.15) is 31.2 Å². The fourth-order valence-corrected chi connectivity index (χ4v) is 3.08. The number of hydrogen-bond acceptors (Lipinski definition) is 4. The highest BCUT2D eigenvalue weighted by Gasteiger charge is 2.26. The molecule has 2 rings (SSSR count). The van der Waals surface area contributed by atoms with Gasteiger partial charge in [0.2, 0.25) is 0 Å². The van der Waals surface area contributed by atoms with Crippen LogP contribution in [0.15, 0.2) is 29.3 Å². The van der Waals surface area contributed by atoms with E-state index in [2.05, 4.69) is 34.3 Å². The Hall–Kier alpha value is -1.51. The van der Waals surface area contributed by atoms with Crippen molar-refractivity contribution < 1.29 is 14.3 Å². The first kappa shape index (κ1) is 23.5. The standard InChI is InChI=1S/C20H31N3O3.HI/c1-16-6-8-18(9-7-16)26-15-5-4-12-22-20(21-2)23-13-10-17(11-14-23)19(24)25-3;/h6-9,17H,4-5,10-15H2,1-3H3,(H,21,22);1H. The van der Waals surface area contributed by atoms with Crippen molar-refractivity contribution in [2.45, 2.75) is 32.6 Å². The Bertz CT molecular complexity index is 585. The maximum absolute atomic E-state index is 11.6. The number of rotatable bonds is 7. The molecule has 0 spiro atoms. The fourth-order valence-electron chi connectivity index (χ4n) is 3.08. The monoisotopic (exact) mass is 489 g/mol. The van der Waals surface area contributed by atoms with Crippen LogP contribution in [0.2, 0.25) is 0 Å². The number of hydrogen-bond donors (Lipinski definition) is 1. The van der Waals surface area contributed by atoms with E-state index < -0.39 is 0 Å². The molecule has 1 aromatic carbocycles. The van der Waals surface area contributed by atoms with Gasteiger partial charge in [-0.15, -0.1) is 24.0 Å². The van der Waals surface area contributed by atoms with E-state index in [1.54, 1.807) is 7.05 Å². The van der Waals surface area contributed by atoms with Gasteiger partial charge in [0.15, 0.2) is 5.96 Å². The molecule has 0 atom stereocenters. The highest BCUT2D eigenvalue weighted by molar-refractivity contribution is 14.0. The SMILES string of the molecule is CN=C(NCCCCOc1ccc(C)cc1)N1CCC(C(=O)OC)CC1.I. The Kier molecular flexibility index (Phi) is 11.2. The number of esters is 1. The van der Waals surface area contributed by atoms with Crippen molar-refractivity contribution in [3.8, 4) is 5.75 Å². The summed E-state index contributed by atoms with van der Waals surface area (Å²) in [5.41, 5.74) is 1.24. The summed E-state index contributed by atoms with van der Waals surface area (Å²) in [6.45, 7) is 5.31. The van der Waals surface area contributed by atoms with Crippen LogP contribution in [0, 0.1) is 12.8 Å². The van der Waals surface area contributed by atoms with Crippen LogP contribution < -0.4 is 10.1 Å². The molecule has 0 aromatic heterocycles. The number of guanidine groups is 1. The number of nitrogens with zero attached hydrogens (tertiary/aromatic N) is 2. The van der Waals surface area contributed by atoms with Crippen molar-refractivity contribution in [1.29, 1.82) is 0 Å². The highest BCUT2D eigenvalue weighted by atomic mass is 127. The normalized spacial score (nSPS) is 15.1. The van der Waals surface area contributed by atoms with Gasteiger partial charge in [0.25, 0.3) is 0 Å². The molecule has 0 bridgehead atoms. The van der Waals surface area contributed by atoms with Crippen LogP contribution >= 0.6 is 24.0 Å². The van der Waals surface area contributed by atoms with E-state index in [-0.39, 0.29) is 35.9 Å². The van der Waals surface area contributed by atoms with Gasteiger partial charge in [0.05, 0.1) is 19.6 Å². The molecule has 0 amide bonds. The van der Waals surface area contributed by atoms with Gasteiger partial charge in [-0.3, -0.25) is 9.79 Å². The first-order valence-electron chi connectivity index (χ1n) is 9.37. The maximum atomic E-state index is 11.6. The second-order valence-corrected chi connectivity index (χ2v) is 6.63. The summed E-state index contributed by atoms with van der Waals surface area (Å²) >= 11 is 0. The van der Waals surface area contributed by atoms with Crippen molar-refractivity contribution in [3.05, 3.63) is 29.8 Å². The molecule has 1 N–H and O–H groups in total. The Morgan fingerprint density at radius 2 is 1.89 bits per heavy atom. The number of nitrogens with one attached hydrogen (secondary N) is 1. The van der Waals surface area contributed by atoms with Crippen molar-refractivity contribution in [2.24, 2.45) is 10.9 Å². The molecule has 1 aliphatic rings. The number of halogens is 1. The smallest absolute Gasteiger partial charge is 0.308 e. The average Bonchev–Trinajstić information content (AvgIpc) is 2.68. The van der Waals surface area contributed by atoms with Gasteiger partial charge in [0.1, 0.15) is 5.75 Å². The molecule has 1 fully saturated rings. The van der Waals surface area contributed by atoms with E-state index in [0.717, 1.165) is 57.0 Å². The summed E-state index contributed by atoms with van der Waals surface area (Å²) in [6.07, 6.45) is 3.64. The van der Waals surface area contributed by atoms with E-state index in [0.29, 0.717) is 6.61 Å². The lowest BCUT2D eigenvalue weighted by Gasteiger charge is -2.33. The molecule has 0 radical (unpaired) electrons. The molecule has 1 aliphatic heterocycles. The van der Waals surface area contributed by atoms with Gasteiger partial charge in [-0.05, 0) is 44.7 Å². The average molecular weight is 489 g/mol. The van der Waals surface area contributed by atoms with Gasteiger partial charge >= 0.3 is 5.97 Å². The minimum absolute atomic E-state index is 0. The predicted octanol–water partition coefficient (Wildman–Crippen LogP) is 3.23. The van der Waals surface area contributed by atoms with E-state index in [1.807, 2.05) is 12.1 Å². The number of ether oxygens (including phenoxy) is 2. The molecule has 1 saturated heterocycles. The minimum Gasteiger partial charge on any atom is -0.494 e. The van der Waals surface area contributed by atoms with Gasteiger partial charge in [-0.2, -0.15) is 0 Å². The molecule has 0 aliphatic carbocycles. The van der Waals surface area contributed by atoms with Crippen molar-refractivity contribution in [2.75, 3.05) is 40.4 Å². The van der Waals surface area contributed by atoms with Crippen LogP contribution in [0.4, 0.5) is 0 Å². The van der Waals surface area contributed by atoms with E-state index >= 15 is 0 Å². The van der Waals surface area contributed by atoms with Crippen molar-refractivity contribution in [1.82, 2.24) is 10.2 Å². The van der Waals surface area contributed by atoms with Crippen LogP contribution in [0.3, 0.4) is 0 Å². The molecule has 0 unspecified atom stereocenters. The molecule has 1 aromatic rings. The summed E-state index contributed by atoms with van der Waals surface area (Å²) in [6, 6.07) is 8.13. The van der Waals surface area contributed by atoms with Crippen LogP contribution in [-0.2, 0) is 9.53 Å².